The smallest absolute Gasteiger partial charge is 0.251 e. The van der Waals surface area contributed by atoms with Crippen LogP contribution in [-0.4, -0.2) is 33.9 Å². The van der Waals surface area contributed by atoms with Crippen LogP contribution in [-0.2, 0) is 17.9 Å². The van der Waals surface area contributed by atoms with Crippen molar-refractivity contribution >= 4 is 17.5 Å². The van der Waals surface area contributed by atoms with Crippen LogP contribution < -0.4 is 16.4 Å². The van der Waals surface area contributed by atoms with Gasteiger partial charge in [-0.3, -0.25) is 9.59 Å². The molecule has 1 heterocycles. The maximum atomic E-state index is 11.9. The van der Waals surface area contributed by atoms with E-state index in [0.29, 0.717) is 16.9 Å². The van der Waals surface area contributed by atoms with Gasteiger partial charge in [0, 0.05) is 24.8 Å². The Labute approximate surface area is 121 Å². The first-order chi connectivity index (χ1) is 10.1. The molecule has 2 aromatic rings. The minimum atomic E-state index is -0.266. The molecular formula is C13H16N6O2. The fourth-order valence-corrected chi connectivity index (χ4v) is 1.74. The maximum Gasteiger partial charge on any atom is 0.251 e. The third-order valence-electron chi connectivity index (χ3n) is 2.74. The molecule has 21 heavy (non-hydrogen) atoms. The molecule has 8 heteroatoms. The van der Waals surface area contributed by atoms with Crippen LogP contribution in [0.15, 0.2) is 30.5 Å². The zero-order chi connectivity index (χ0) is 15.2. The highest BCUT2D eigenvalue weighted by atomic mass is 16.2. The third kappa shape index (κ3) is 3.86. The van der Waals surface area contributed by atoms with Gasteiger partial charge >= 0.3 is 0 Å². The van der Waals surface area contributed by atoms with E-state index >= 15 is 0 Å². The molecule has 0 saturated heterocycles. The van der Waals surface area contributed by atoms with E-state index in [-0.39, 0.29) is 24.9 Å². The first-order valence-corrected chi connectivity index (χ1v) is 6.33. The topological polar surface area (TPSA) is 115 Å². The number of carbonyl (C=O) groups is 2. The Balaban J connectivity index is 2.00. The number of carbonyl (C=O) groups excluding carboxylic acids is 2. The normalized spacial score (nSPS) is 10.2. The lowest BCUT2D eigenvalue weighted by molar-refractivity contribution is -0.116. The monoisotopic (exact) mass is 288 g/mol. The molecule has 0 unspecified atom stereocenters. The summed E-state index contributed by atoms with van der Waals surface area (Å²) in [7, 11) is 1.55. The van der Waals surface area contributed by atoms with E-state index in [9.17, 15) is 9.59 Å². The van der Waals surface area contributed by atoms with Gasteiger partial charge in [0.25, 0.3) is 5.91 Å². The van der Waals surface area contributed by atoms with E-state index in [4.69, 9.17) is 5.73 Å². The van der Waals surface area contributed by atoms with Crippen molar-refractivity contribution in [2.24, 2.45) is 5.73 Å². The number of hydrogen-bond acceptors (Lipinski definition) is 5. The van der Waals surface area contributed by atoms with Crippen LogP contribution >= 0.6 is 0 Å². The van der Waals surface area contributed by atoms with Crippen LogP contribution in [0.1, 0.15) is 16.1 Å². The molecule has 0 aliphatic carbocycles. The van der Waals surface area contributed by atoms with E-state index < -0.39 is 0 Å². The van der Waals surface area contributed by atoms with Gasteiger partial charge in [0.05, 0.1) is 11.9 Å². The number of hydrogen-bond donors (Lipinski definition) is 3. The van der Waals surface area contributed by atoms with E-state index in [0.717, 1.165) is 0 Å². The highest BCUT2D eigenvalue weighted by molar-refractivity contribution is 5.96. The van der Waals surface area contributed by atoms with Crippen LogP contribution in [0.5, 0.6) is 0 Å². The van der Waals surface area contributed by atoms with Gasteiger partial charge in [-0.25, -0.2) is 4.68 Å². The lowest BCUT2D eigenvalue weighted by atomic mass is 10.2. The number of benzene rings is 1. The zero-order valence-corrected chi connectivity index (χ0v) is 11.5. The minimum Gasteiger partial charge on any atom is -0.355 e. The maximum absolute atomic E-state index is 11.9. The van der Waals surface area contributed by atoms with Gasteiger partial charge in [0.1, 0.15) is 6.54 Å². The first-order valence-electron chi connectivity index (χ1n) is 6.33. The molecule has 0 atom stereocenters. The molecule has 110 valence electrons. The molecule has 0 fully saturated rings. The Morgan fingerprint density at radius 1 is 1.38 bits per heavy atom. The molecule has 0 aliphatic rings. The van der Waals surface area contributed by atoms with Crippen LogP contribution in [0, 0.1) is 0 Å². The van der Waals surface area contributed by atoms with E-state index in [1.165, 1.54) is 4.68 Å². The molecular weight excluding hydrogens is 272 g/mol. The van der Waals surface area contributed by atoms with Crippen molar-refractivity contribution in [1.29, 1.82) is 0 Å². The summed E-state index contributed by atoms with van der Waals surface area (Å²) >= 11 is 0. The number of amides is 2. The Kier molecular flexibility index (Phi) is 4.62. The van der Waals surface area contributed by atoms with Crippen molar-refractivity contribution < 1.29 is 9.59 Å². The second kappa shape index (κ2) is 6.62. The summed E-state index contributed by atoms with van der Waals surface area (Å²) in [6.07, 6.45) is 1.61. The fourth-order valence-electron chi connectivity index (χ4n) is 1.74. The predicted octanol–water partition coefficient (Wildman–Crippen LogP) is -0.265. The lowest BCUT2D eigenvalue weighted by Gasteiger charge is -2.06. The van der Waals surface area contributed by atoms with Crippen molar-refractivity contribution in [3.63, 3.8) is 0 Å². The molecule has 1 aromatic carbocycles. The number of rotatable bonds is 5. The molecule has 0 bridgehead atoms. The summed E-state index contributed by atoms with van der Waals surface area (Å²) in [6, 6.07) is 6.67. The summed E-state index contributed by atoms with van der Waals surface area (Å²) in [5.41, 5.74) is 7.05. The first kappa shape index (κ1) is 14.7. The lowest BCUT2D eigenvalue weighted by Crippen LogP contribution is -2.20. The Hall–Kier alpha value is -2.74. The number of nitrogens with one attached hydrogen (secondary N) is 2. The molecule has 1 aromatic heterocycles. The van der Waals surface area contributed by atoms with Gasteiger partial charge in [-0.1, -0.05) is 11.3 Å². The largest absolute Gasteiger partial charge is 0.355 e. The zero-order valence-electron chi connectivity index (χ0n) is 11.5. The van der Waals surface area contributed by atoms with Crippen molar-refractivity contribution in [2.45, 2.75) is 13.1 Å². The predicted molar refractivity (Wildman–Crippen MR) is 76.4 cm³/mol. The standard InChI is InChI=1S/C13H16N6O2/c1-15-13(21)9-3-2-4-10(5-9)16-12(20)8-19-7-11(6-14)17-18-19/h2-5,7H,6,8,14H2,1H3,(H,15,21)(H,16,20). The summed E-state index contributed by atoms with van der Waals surface area (Å²) in [4.78, 5) is 23.4. The van der Waals surface area contributed by atoms with Crippen LogP contribution in [0.4, 0.5) is 5.69 Å². The highest BCUT2D eigenvalue weighted by Crippen LogP contribution is 2.10. The molecule has 2 amide bonds. The quantitative estimate of drug-likeness (QED) is 0.701. The van der Waals surface area contributed by atoms with E-state index in [2.05, 4.69) is 20.9 Å². The molecule has 0 spiro atoms. The van der Waals surface area contributed by atoms with Gasteiger partial charge < -0.3 is 16.4 Å². The highest BCUT2D eigenvalue weighted by Gasteiger charge is 2.08. The number of nitrogens with zero attached hydrogens (tertiary/aromatic N) is 3. The van der Waals surface area contributed by atoms with Crippen molar-refractivity contribution in [3.8, 4) is 0 Å². The second-order valence-electron chi connectivity index (χ2n) is 4.32. The molecule has 8 nitrogen and oxygen atoms in total. The number of aromatic nitrogens is 3. The van der Waals surface area contributed by atoms with Gasteiger partial charge in [-0.2, -0.15) is 0 Å². The average Bonchev–Trinajstić information content (AvgIpc) is 2.94. The number of anilines is 1. The van der Waals surface area contributed by atoms with E-state index in [1.54, 1.807) is 37.5 Å². The molecule has 0 aliphatic heterocycles. The fraction of sp³-hybridized carbons (Fsp3) is 0.231. The molecule has 4 N–H and O–H groups in total. The van der Waals surface area contributed by atoms with Crippen molar-refractivity contribution in [2.75, 3.05) is 12.4 Å². The van der Waals surface area contributed by atoms with E-state index in [1.807, 2.05) is 0 Å². The summed E-state index contributed by atoms with van der Waals surface area (Å²) in [6.45, 7) is 0.299. The van der Waals surface area contributed by atoms with Crippen LogP contribution in [0.25, 0.3) is 0 Å². The Morgan fingerprint density at radius 2 is 2.19 bits per heavy atom. The van der Waals surface area contributed by atoms with Gasteiger partial charge in [-0.15, -0.1) is 5.10 Å². The minimum absolute atomic E-state index is 0.0250. The Morgan fingerprint density at radius 3 is 2.86 bits per heavy atom. The third-order valence-corrected chi connectivity index (χ3v) is 2.74. The van der Waals surface area contributed by atoms with Crippen molar-refractivity contribution in [3.05, 3.63) is 41.7 Å². The van der Waals surface area contributed by atoms with Crippen LogP contribution in [0.2, 0.25) is 0 Å². The second-order valence-corrected chi connectivity index (χ2v) is 4.32. The van der Waals surface area contributed by atoms with Crippen molar-refractivity contribution in [1.82, 2.24) is 20.3 Å². The van der Waals surface area contributed by atoms with Gasteiger partial charge in [0.2, 0.25) is 5.91 Å². The summed E-state index contributed by atoms with van der Waals surface area (Å²) in [5.74, 6) is -0.479. The van der Waals surface area contributed by atoms with Gasteiger partial charge in [0.15, 0.2) is 0 Å². The molecule has 0 radical (unpaired) electrons. The molecule has 2 rings (SSSR count). The van der Waals surface area contributed by atoms with Gasteiger partial charge in [-0.05, 0) is 18.2 Å². The molecule has 0 saturated carbocycles. The number of nitrogens with two attached hydrogens (primary N) is 1. The SMILES string of the molecule is CNC(=O)c1cccc(NC(=O)Cn2cc(CN)nn2)c1. The van der Waals surface area contributed by atoms with Crippen LogP contribution in [0.3, 0.4) is 0 Å². The summed E-state index contributed by atoms with van der Waals surface area (Å²) < 4.78 is 1.40. The average molecular weight is 288 g/mol. The summed E-state index contributed by atoms with van der Waals surface area (Å²) in [5, 5.41) is 12.8. The Bertz CT molecular complexity index is 652.